The Balaban J connectivity index is 1.84. The molecule has 0 atom stereocenters. The van der Waals surface area contributed by atoms with Crippen LogP contribution in [0.4, 0.5) is 11.4 Å². The molecule has 1 aliphatic heterocycles. The van der Waals surface area contributed by atoms with Crippen LogP contribution < -0.4 is 15.0 Å². The fraction of sp³-hybridized carbons (Fsp3) is 0.0833. The Hall–Kier alpha value is -3.86. The van der Waals surface area contributed by atoms with Crippen molar-refractivity contribution in [3.05, 3.63) is 95.7 Å². The molecule has 1 aliphatic rings. The molecule has 0 fully saturated rings. The van der Waals surface area contributed by atoms with Crippen molar-refractivity contribution in [1.82, 2.24) is 0 Å². The molecule has 3 aromatic rings. The summed E-state index contributed by atoms with van der Waals surface area (Å²) in [6, 6.07) is 23.9. The summed E-state index contributed by atoms with van der Waals surface area (Å²) in [5.74, 6) is -0.348. The summed E-state index contributed by atoms with van der Waals surface area (Å²) in [6.45, 7) is 1.98. The van der Waals surface area contributed by atoms with Crippen molar-refractivity contribution in [2.75, 3.05) is 17.3 Å². The van der Waals surface area contributed by atoms with Gasteiger partial charge in [-0.2, -0.15) is 0 Å². The Labute approximate surface area is 169 Å². The fourth-order valence-electron chi connectivity index (χ4n) is 3.33. The van der Waals surface area contributed by atoms with E-state index in [-0.39, 0.29) is 11.6 Å². The number of carbonyl (C=O) groups excluding carboxylic acids is 2. The minimum Gasteiger partial charge on any atom is -0.495 e. The second-order valence-electron chi connectivity index (χ2n) is 6.72. The standard InChI is InChI=1S/C24H20N2O3/c1-16-12-14-17(15-13-16)21-22(25-18-8-4-3-5-9-18)24(28)26(23(21)27)19-10-6-7-11-20(19)29-2/h3-15,25H,1-2H3. The highest BCUT2D eigenvalue weighted by Gasteiger charge is 2.41. The van der Waals surface area contributed by atoms with E-state index in [2.05, 4.69) is 5.32 Å². The average molecular weight is 384 g/mol. The Morgan fingerprint density at radius 2 is 1.45 bits per heavy atom. The van der Waals surface area contributed by atoms with Gasteiger partial charge in [-0.15, -0.1) is 0 Å². The predicted octanol–water partition coefficient (Wildman–Crippen LogP) is 4.40. The molecule has 0 saturated heterocycles. The molecule has 4 rings (SSSR count). The van der Waals surface area contributed by atoms with E-state index in [1.807, 2.05) is 61.5 Å². The van der Waals surface area contributed by atoms with Gasteiger partial charge in [0, 0.05) is 5.69 Å². The van der Waals surface area contributed by atoms with Gasteiger partial charge in [0.25, 0.3) is 11.8 Å². The number of carbonyl (C=O) groups is 2. The fourth-order valence-corrected chi connectivity index (χ4v) is 3.33. The zero-order valence-electron chi connectivity index (χ0n) is 16.2. The van der Waals surface area contributed by atoms with Crippen molar-refractivity contribution < 1.29 is 14.3 Å². The van der Waals surface area contributed by atoms with E-state index >= 15 is 0 Å². The number of aryl methyl sites for hydroxylation is 1. The minimum atomic E-state index is -0.418. The molecule has 1 N–H and O–H groups in total. The lowest BCUT2D eigenvalue weighted by atomic mass is 10.0. The Kier molecular flexibility index (Phi) is 4.87. The van der Waals surface area contributed by atoms with Crippen molar-refractivity contribution in [2.45, 2.75) is 6.92 Å². The second-order valence-corrected chi connectivity index (χ2v) is 6.72. The largest absolute Gasteiger partial charge is 0.495 e. The van der Waals surface area contributed by atoms with E-state index in [4.69, 9.17) is 4.74 Å². The van der Waals surface area contributed by atoms with Crippen LogP contribution in [0.5, 0.6) is 5.75 Å². The van der Waals surface area contributed by atoms with Gasteiger partial charge in [-0.3, -0.25) is 9.59 Å². The van der Waals surface area contributed by atoms with Gasteiger partial charge in [0.05, 0.1) is 18.4 Å². The number of para-hydroxylation sites is 3. The van der Waals surface area contributed by atoms with Crippen LogP contribution in [0, 0.1) is 6.92 Å². The number of imide groups is 1. The third-order valence-corrected chi connectivity index (χ3v) is 4.79. The topological polar surface area (TPSA) is 58.6 Å². The zero-order valence-corrected chi connectivity index (χ0v) is 16.2. The lowest BCUT2D eigenvalue weighted by Crippen LogP contribution is -2.32. The van der Waals surface area contributed by atoms with Crippen molar-refractivity contribution >= 4 is 28.8 Å². The second kappa shape index (κ2) is 7.64. The van der Waals surface area contributed by atoms with Crippen LogP contribution in [-0.2, 0) is 9.59 Å². The first-order chi connectivity index (χ1) is 14.1. The molecule has 29 heavy (non-hydrogen) atoms. The van der Waals surface area contributed by atoms with Crippen molar-refractivity contribution in [2.24, 2.45) is 0 Å². The van der Waals surface area contributed by atoms with Crippen molar-refractivity contribution in [3.63, 3.8) is 0 Å². The molecule has 0 bridgehead atoms. The normalized spacial score (nSPS) is 13.8. The maximum atomic E-state index is 13.4. The number of ether oxygens (including phenoxy) is 1. The molecular formula is C24H20N2O3. The smallest absolute Gasteiger partial charge is 0.282 e. The number of hydrogen-bond donors (Lipinski definition) is 1. The van der Waals surface area contributed by atoms with E-state index < -0.39 is 5.91 Å². The first-order valence-electron chi connectivity index (χ1n) is 9.25. The van der Waals surface area contributed by atoms with Crippen LogP contribution in [0.3, 0.4) is 0 Å². The summed E-state index contributed by atoms with van der Waals surface area (Å²) < 4.78 is 5.38. The molecule has 0 aromatic heterocycles. The molecule has 1 heterocycles. The van der Waals surface area contributed by atoms with Crippen molar-refractivity contribution in [1.29, 1.82) is 0 Å². The summed E-state index contributed by atoms with van der Waals surface area (Å²) in [4.78, 5) is 28.0. The maximum Gasteiger partial charge on any atom is 0.282 e. The molecule has 0 unspecified atom stereocenters. The van der Waals surface area contributed by atoms with Gasteiger partial charge in [0.1, 0.15) is 11.4 Å². The van der Waals surface area contributed by atoms with Crippen LogP contribution in [-0.4, -0.2) is 18.9 Å². The van der Waals surface area contributed by atoms with Gasteiger partial charge in [-0.05, 0) is 36.8 Å². The summed E-state index contributed by atoms with van der Waals surface area (Å²) in [5, 5.41) is 3.15. The molecule has 5 nitrogen and oxygen atoms in total. The lowest BCUT2D eigenvalue weighted by molar-refractivity contribution is -0.120. The first-order valence-corrected chi connectivity index (χ1v) is 9.25. The van der Waals surface area contributed by atoms with E-state index in [9.17, 15) is 9.59 Å². The molecule has 0 radical (unpaired) electrons. The highest BCUT2D eigenvalue weighted by Crippen LogP contribution is 2.37. The van der Waals surface area contributed by atoms with Gasteiger partial charge >= 0.3 is 0 Å². The van der Waals surface area contributed by atoms with Crippen LogP contribution in [0.25, 0.3) is 5.57 Å². The average Bonchev–Trinajstić information content (AvgIpc) is 2.99. The number of rotatable bonds is 5. The molecule has 3 aromatic carbocycles. The molecule has 2 amide bonds. The number of hydrogen-bond acceptors (Lipinski definition) is 4. The van der Waals surface area contributed by atoms with E-state index in [1.54, 1.807) is 24.3 Å². The highest BCUT2D eigenvalue weighted by molar-refractivity contribution is 6.46. The van der Waals surface area contributed by atoms with Gasteiger partial charge in [0.2, 0.25) is 0 Å². The molecule has 0 saturated carbocycles. The van der Waals surface area contributed by atoms with Gasteiger partial charge in [-0.25, -0.2) is 4.90 Å². The van der Waals surface area contributed by atoms with Gasteiger partial charge in [0.15, 0.2) is 0 Å². The predicted molar refractivity (Wildman–Crippen MR) is 114 cm³/mol. The number of benzene rings is 3. The minimum absolute atomic E-state index is 0.246. The summed E-state index contributed by atoms with van der Waals surface area (Å²) in [6.07, 6.45) is 0. The summed E-state index contributed by atoms with van der Waals surface area (Å²) >= 11 is 0. The van der Waals surface area contributed by atoms with Crippen LogP contribution >= 0.6 is 0 Å². The molecule has 0 aliphatic carbocycles. The van der Waals surface area contributed by atoms with E-state index in [0.29, 0.717) is 22.6 Å². The SMILES string of the molecule is COc1ccccc1N1C(=O)C(Nc2ccccc2)=C(c2ccc(C)cc2)C1=O. The van der Waals surface area contributed by atoms with Gasteiger partial charge in [-0.1, -0.05) is 60.2 Å². The molecule has 5 heteroatoms. The van der Waals surface area contributed by atoms with Gasteiger partial charge < -0.3 is 10.1 Å². The third-order valence-electron chi connectivity index (χ3n) is 4.79. The number of anilines is 2. The lowest BCUT2D eigenvalue weighted by Gasteiger charge is -2.18. The maximum absolute atomic E-state index is 13.4. The van der Waals surface area contributed by atoms with Crippen molar-refractivity contribution in [3.8, 4) is 5.75 Å². The number of nitrogens with zero attached hydrogens (tertiary/aromatic N) is 1. The number of nitrogens with one attached hydrogen (secondary N) is 1. The zero-order chi connectivity index (χ0) is 20.4. The number of methoxy groups -OCH3 is 1. The van der Waals surface area contributed by atoms with Crippen LogP contribution in [0.2, 0.25) is 0 Å². The third kappa shape index (κ3) is 3.38. The Morgan fingerprint density at radius 3 is 2.14 bits per heavy atom. The first kappa shape index (κ1) is 18.5. The highest BCUT2D eigenvalue weighted by atomic mass is 16.5. The molecular weight excluding hydrogens is 364 g/mol. The Bertz CT molecular complexity index is 1100. The quantitative estimate of drug-likeness (QED) is 0.663. The Morgan fingerprint density at radius 1 is 0.793 bits per heavy atom. The van der Waals surface area contributed by atoms with E-state index in [1.165, 1.54) is 12.0 Å². The summed E-state index contributed by atoms with van der Waals surface area (Å²) in [5.41, 5.74) is 3.49. The number of amides is 2. The summed E-state index contributed by atoms with van der Waals surface area (Å²) in [7, 11) is 1.52. The monoisotopic (exact) mass is 384 g/mol. The molecule has 144 valence electrons. The van der Waals surface area contributed by atoms with Crippen LogP contribution in [0.1, 0.15) is 11.1 Å². The van der Waals surface area contributed by atoms with E-state index in [0.717, 1.165) is 11.3 Å². The van der Waals surface area contributed by atoms with Crippen LogP contribution in [0.15, 0.2) is 84.6 Å². The molecule has 0 spiro atoms.